The monoisotopic (exact) mass is 334 g/mol. The highest BCUT2D eigenvalue weighted by Crippen LogP contribution is 2.15. The van der Waals surface area contributed by atoms with Gasteiger partial charge in [-0.25, -0.2) is 13.6 Å². The van der Waals surface area contributed by atoms with Gasteiger partial charge in [0.05, 0.1) is 4.90 Å². The molecule has 5 nitrogen and oxygen atoms in total. The maximum absolute atomic E-state index is 12.1. The average Bonchev–Trinajstić information content (AvgIpc) is 2.51. The minimum Gasteiger partial charge on any atom is -0.322 e. The molecule has 0 saturated heterocycles. The number of nitrogens with two attached hydrogens (primary N) is 1. The molecule has 2 aromatic rings. The van der Waals surface area contributed by atoms with E-state index in [2.05, 4.69) is 5.32 Å². The van der Waals surface area contributed by atoms with Crippen molar-refractivity contribution in [3.63, 3.8) is 0 Å². The van der Waals surface area contributed by atoms with E-state index in [1.54, 1.807) is 6.07 Å². The maximum atomic E-state index is 12.1. The van der Waals surface area contributed by atoms with E-state index < -0.39 is 10.0 Å². The molecule has 0 bridgehead atoms. The van der Waals surface area contributed by atoms with Gasteiger partial charge in [-0.15, -0.1) is 0 Å². The van der Waals surface area contributed by atoms with Crippen molar-refractivity contribution >= 4 is 21.6 Å². The molecule has 3 N–H and O–H groups in total. The Hall–Kier alpha value is -2.18. The lowest BCUT2D eigenvalue weighted by Crippen LogP contribution is -2.14. The number of carbonyl (C=O) groups is 1. The number of primary sulfonamides is 1. The summed E-state index contributed by atoms with van der Waals surface area (Å²) >= 11 is 0. The molecule has 0 radical (unpaired) electrons. The third-order valence-electron chi connectivity index (χ3n) is 3.21. The van der Waals surface area contributed by atoms with Crippen molar-refractivity contribution in [2.75, 3.05) is 5.32 Å². The van der Waals surface area contributed by atoms with Crippen LogP contribution in [0, 0.1) is 13.8 Å². The molecule has 6 heteroatoms. The lowest BCUT2D eigenvalue weighted by atomic mass is 10.1. The molecule has 0 aromatic heterocycles. The van der Waals surface area contributed by atoms with Crippen molar-refractivity contribution in [3.8, 4) is 0 Å². The van der Waals surface area contributed by atoms with Gasteiger partial charge >= 0.3 is 0 Å². The summed E-state index contributed by atoms with van der Waals surface area (Å²) in [7, 11) is -3.72. The standard InChI is InChI=1S/C15H16N2O3S.C2H6/c1-10-3-4-12(9-11(10)2)15(18)17-13-5-7-14(8-6-13)21(16,19)20;1-2/h3-9H,1-2H3,(H,17,18)(H2,16,19,20);1-2H3. The SMILES string of the molecule is CC.Cc1ccc(C(=O)Nc2ccc(S(N)(=O)=O)cc2)cc1C. The molecular weight excluding hydrogens is 312 g/mol. The fraction of sp³-hybridized carbons (Fsp3) is 0.235. The Labute approximate surface area is 137 Å². The predicted octanol–water partition coefficient (Wildman–Crippen LogP) is 3.23. The van der Waals surface area contributed by atoms with Crippen molar-refractivity contribution in [2.24, 2.45) is 5.14 Å². The highest BCUT2D eigenvalue weighted by atomic mass is 32.2. The summed E-state index contributed by atoms with van der Waals surface area (Å²) in [5.74, 6) is -0.249. The van der Waals surface area contributed by atoms with Crippen LogP contribution in [0.4, 0.5) is 5.69 Å². The van der Waals surface area contributed by atoms with Gasteiger partial charge < -0.3 is 5.32 Å². The molecule has 0 atom stereocenters. The van der Waals surface area contributed by atoms with E-state index in [1.165, 1.54) is 24.3 Å². The van der Waals surface area contributed by atoms with Crippen molar-refractivity contribution < 1.29 is 13.2 Å². The molecule has 124 valence electrons. The van der Waals surface area contributed by atoms with Crippen LogP contribution < -0.4 is 10.5 Å². The zero-order chi connectivity index (χ0) is 17.6. The molecule has 0 heterocycles. The van der Waals surface area contributed by atoms with E-state index in [1.807, 2.05) is 39.8 Å². The Balaban J connectivity index is 0.00000127. The number of amides is 1. The fourth-order valence-electron chi connectivity index (χ4n) is 1.81. The normalized spacial score (nSPS) is 10.5. The Bertz CT molecular complexity index is 782. The number of benzene rings is 2. The fourth-order valence-corrected chi connectivity index (χ4v) is 2.33. The number of nitrogens with one attached hydrogen (secondary N) is 1. The summed E-state index contributed by atoms with van der Waals surface area (Å²) in [5.41, 5.74) is 3.20. The quantitative estimate of drug-likeness (QED) is 0.903. The zero-order valence-corrected chi connectivity index (χ0v) is 14.6. The van der Waals surface area contributed by atoms with E-state index in [0.717, 1.165) is 11.1 Å². The van der Waals surface area contributed by atoms with Gasteiger partial charge in [0.1, 0.15) is 0 Å². The van der Waals surface area contributed by atoms with Crippen LogP contribution in [0.3, 0.4) is 0 Å². The van der Waals surface area contributed by atoms with Crippen molar-refractivity contribution in [1.29, 1.82) is 0 Å². The van der Waals surface area contributed by atoms with Gasteiger partial charge in [-0.1, -0.05) is 19.9 Å². The largest absolute Gasteiger partial charge is 0.322 e. The summed E-state index contributed by atoms with van der Waals surface area (Å²) < 4.78 is 22.3. The lowest BCUT2D eigenvalue weighted by Gasteiger charge is -2.08. The van der Waals surface area contributed by atoms with Crippen LogP contribution in [0.25, 0.3) is 0 Å². The van der Waals surface area contributed by atoms with Crippen molar-refractivity contribution in [1.82, 2.24) is 0 Å². The van der Waals surface area contributed by atoms with Gasteiger partial charge in [-0.2, -0.15) is 0 Å². The molecule has 0 spiro atoms. The lowest BCUT2D eigenvalue weighted by molar-refractivity contribution is 0.102. The summed E-state index contributed by atoms with van der Waals surface area (Å²) in [6, 6.07) is 11.1. The smallest absolute Gasteiger partial charge is 0.255 e. The molecule has 23 heavy (non-hydrogen) atoms. The van der Waals surface area contributed by atoms with Gasteiger partial charge in [0, 0.05) is 11.3 Å². The van der Waals surface area contributed by atoms with E-state index in [0.29, 0.717) is 11.3 Å². The summed E-state index contributed by atoms with van der Waals surface area (Å²) in [6.45, 7) is 7.91. The zero-order valence-electron chi connectivity index (χ0n) is 13.8. The van der Waals surface area contributed by atoms with Crippen LogP contribution >= 0.6 is 0 Å². The first-order valence-corrected chi connectivity index (χ1v) is 8.83. The number of rotatable bonds is 3. The first kappa shape index (κ1) is 18.9. The summed E-state index contributed by atoms with van der Waals surface area (Å²) in [6.07, 6.45) is 0. The van der Waals surface area contributed by atoms with Crippen LogP contribution in [-0.4, -0.2) is 14.3 Å². The Morgan fingerprint density at radius 2 is 1.52 bits per heavy atom. The van der Waals surface area contributed by atoms with Crippen LogP contribution in [-0.2, 0) is 10.0 Å². The third kappa shape index (κ3) is 5.19. The van der Waals surface area contributed by atoms with Gasteiger partial charge in [0.25, 0.3) is 5.91 Å². The van der Waals surface area contributed by atoms with Crippen LogP contribution in [0.5, 0.6) is 0 Å². The van der Waals surface area contributed by atoms with E-state index in [9.17, 15) is 13.2 Å². The summed E-state index contributed by atoms with van der Waals surface area (Å²) in [5, 5.41) is 7.72. The molecule has 0 fully saturated rings. The van der Waals surface area contributed by atoms with E-state index in [4.69, 9.17) is 5.14 Å². The van der Waals surface area contributed by atoms with E-state index >= 15 is 0 Å². The van der Waals surface area contributed by atoms with Gasteiger partial charge in [0.15, 0.2) is 0 Å². The number of carbonyl (C=O) groups excluding carboxylic acids is 1. The first-order chi connectivity index (χ1) is 10.8. The number of aryl methyl sites for hydroxylation is 2. The highest BCUT2D eigenvalue weighted by molar-refractivity contribution is 7.89. The first-order valence-electron chi connectivity index (χ1n) is 7.29. The molecule has 2 aromatic carbocycles. The van der Waals surface area contributed by atoms with Gasteiger partial charge in [-0.05, 0) is 61.4 Å². The minimum atomic E-state index is -3.72. The maximum Gasteiger partial charge on any atom is 0.255 e. The average molecular weight is 334 g/mol. The number of hydrogen-bond donors (Lipinski definition) is 2. The van der Waals surface area contributed by atoms with Gasteiger partial charge in [-0.3, -0.25) is 4.79 Å². The molecule has 0 saturated carbocycles. The molecule has 2 rings (SSSR count). The van der Waals surface area contributed by atoms with E-state index in [-0.39, 0.29) is 10.8 Å². The molecule has 0 aliphatic rings. The van der Waals surface area contributed by atoms with Crippen LogP contribution in [0.15, 0.2) is 47.4 Å². The second-order valence-corrected chi connectivity index (χ2v) is 6.38. The Kier molecular flexibility index (Phi) is 6.48. The highest BCUT2D eigenvalue weighted by Gasteiger charge is 2.09. The summed E-state index contributed by atoms with van der Waals surface area (Å²) in [4.78, 5) is 12.1. The number of sulfonamides is 1. The second-order valence-electron chi connectivity index (χ2n) is 4.82. The van der Waals surface area contributed by atoms with Crippen LogP contribution in [0.1, 0.15) is 35.3 Å². The molecular formula is C17H22N2O3S. The second kappa shape index (κ2) is 7.89. The minimum absolute atomic E-state index is 0.00618. The number of hydrogen-bond acceptors (Lipinski definition) is 3. The molecule has 0 aliphatic carbocycles. The number of anilines is 1. The molecule has 1 amide bonds. The van der Waals surface area contributed by atoms with Gasteiger partial charge in [0.2, 0.25) is 10.0 Å². The third-order valence-corrected chi connectivity index (χ3v) is 4.14. The van der Waals surface area contributed by atoms with Crippen LogP contribution in [0.2, 0.25) is 0 Å². The Morgan fingerprint density at radius 3 is 2.00 bits per heavy atom. The Morgan fingerprint density at radius 1 is 0.957 bits per heavy atom. The predicted molar refractivity (Wildman–Crippen MR) is 93.0 cm³/mol. The molecule has 0 aliphatic heterocycles. The van der Waals surface area contributed by atoms with Crippen molar-refractivity contribution in [2.45, 2.75) is 32.6 Å². The topological polar surface area (TPSA) is 89.3 Å². The van der Waals surface area contributed by atoms with Crippen molar-refractivity contribution in [3.05, 3.63) is 59.2 Å². The molecule has 0 unspecified atom stereocenters.